The molecule has 2 atom stereocenters. The van der Waals surface area contributed by atoms with Crippen LogP contribution in [0.4, 0.5) is 0 Å². The molecule has 6 aromatic rings. The lowest BCUT2D eigenvalue weighted by molar-refractivity contribution is -0.127. The van der Waals surface area contributed by atoms with Crippen molar-refractivity contribution in [1.29, 1.82) is 0 Å². The molecule has 2 aromatic carbocycles. The lowest BCUT2D eigenvalue weighted by Crippen LogP contribution is -2.32. The molecule has 200 valence electrons. The number of nitrogens with zero attached hydrogens (tertiary/aromatic N) is 6. The molecular weight excluding hydrogens is 496 g/mol. The molecule has 0 N–H and O–H groups in total. The van der Waals surface area contributed by atoms with E-state index < -0.39 is 0 Å². The van der Waals surface area contributed by atoms with Crippen molar-refractivity contribution in [2.24, 2.45) is 25.9 Å². The van der Waals surface area contributed by atoms with Gasteiger partial charge >= 0.3 is 0 Å². The highest BCUT2D eigenvalue weighted by Crippen LogP contribution is 2.36. The number of aryl methyl sites for hydroxylation is 2. The van der Waals surface area contributed by atoms with E-state index >= 15 is 0 Å². The Morgan fingerprint density at radius 2 is 1.15 bits per heavy atom. The van der Waals surface area contributed by atoms with Crippen molar-refractivity contribution in [3.8, 4) is 11.4 Å². The minimum absolute atomic E-state index is 0.0371. The molecule has 8 rings (SSSR count). The fraction of sp³-hybridized carbons (Fsp3) is 0.303. The highest BCUT2D eigenvalue weighted by molar-refractivity contribution is 5.90. The fourth-order valence-corrected chi connectivity index (χ4v) is 7.24. The van der Waals surface area contributed by atoms with Crippen molar-refractivity contribution in [2.45, 2.75) is 38.5 Å². The van der Waals surface area contributed by atoms with Gasteiger partial charge in [-0.05, 0) is 37.8 Å². The Balaban J connectivity index is 1.02. The summed E-state index contributed by atoms with van der Waals surface area (Å²) in [6, 6.07) is 17.0. The molecule has 4 aromatic heterocycles. The van der Waals surface area contributed by atoms with E-state index in [-0.39, 0.29) is 11.8 Å². The molecule has 0 aliphatic heterocycles. The van der Waals surface area contributed by atoms with E-state index in [4.69, 9.17) is 9.97 Å². The van der Waals surface area contributed by atoms with Crippen LogP contribution >= 0.6 is 0 Å². The summed E-state index contributed by atoms with van der Waals surface area (Å²) in [5.74, 6) is 0.473. The molecular formula is C33H32N6O. The van der Waals surface area contributed by atoms with Crippen molar-refractivity contribution in [2.75, 3.05) is 0 Å². The number of aromatic nitrogens is 6. The zero-order valence-corrected chi connectivity index (χ0v) is 22.9. The van der Waals surface area contributed by atoms with Crippen LogP contribution in [0.1, 0.15) is 35.6 Å². The second-order valence-corrected chi connectivity index (χ2v) is 11.6. The summed E-state index contributed by atoms with van der Waals surface area (Å²) in [7, 11) is 4.18. The van der Waals surface area contributed by atoms with Crippen molar-refractivity contribution < 1.29 is 4.79 Å². The van der Waals surface area contributed by atoms with Crippen LogP contribution in [0.25, 0.3) is 33.2 Å². The first-order valence-electron chi connectivity index (χ1n) is 14.3. The van der Waals surface area contributed by atoms with E-state index in [0.29, 0.717) is 5.78 Å². The Hall–Kier alpha value is -4.39. The predicted molar refractivity (Wildman–Crippen MR) is 156 cm³/mol. The van der Waals surface area contributed by atoms with Crippen LogP contribution in [0.3, 0.4) is 0 Å². The van der Waals surface area contributed by atoms with E-state index in [9.17, 15) is 4.79 Å². The van der Waals surface area contributed by atoms with Crippen LogP contribution in [0, 0.1) is 11.8 Å². The van der Waals surface area contributed by atoms with Gasteiger partial charge in [-0.25, -0.2) is 9.97 Å². The number of hydrogen-bond donors (Lipinski definition) is 0. The van der Waals surface area contributed by atoms with E-state index in [2.05, 4.69) is 93.3 Å². The van der Waals surface area contributed by atoms with Gasteiger partial charge in [-0.15, -0.1) is 0 Å². The standard InChI is InChI=1S/C33H32N6O/c1-36-17-31(23-7-3-5-9-27(23)36)38-19-34-25-15-21(11-13-29(25)38)33(40)22-12-14-30-26(16-22)35-20-39(30)32-18-37(2)28-10-6-4-8-24(28)32/h3-10,17-22H,11-16H2,1-2H3. The summed E-state index contributed by atoms with van der Waals surface area (Å²) >= 11 is 0. The minimum Gasteiger partial charge on any atom is -0.348 e. The lowest BCUT2D eigenvalue weighted by Gasteiger charge is -2.28. The third kappa shape index (κ3) is 3.46. The van der Waals surface area contributed by atoms with Crippen LogP contribution in [0.15, 0.2) is 73.6 Å². The van der Waals surface area contributed by atoms with Gasteiger partial charge in [0.25, 0.3) is 0 Å². The Bertz CT molecular complexity index is 1790. The number of ketones is 1. The van der Waals surface area contributed by atoms with Crippen LogP contribution in [-0.2, 0) is 44.6 Å². The maximum Gasteiger partial charge on any atom is 0.139 e. The summed E-state index contributed by atoms with van der Waals surface area (Å²) in [6.45, 7) is 0. The molecule has 40 heavy (non-hydrogen) atoms. The molecule has 2 aliphatic carbocycles. The molecule has 0 saturated carbocycles. The molecule has 2 unspecified atom stereocenters. The van der Waals surface area contributed by atoms with Gasteiger partial charge in [-0.3, -0.25) is 4.79 Å². The number of hydrogen-bond acceptors (Lipinski definition) is 3. The Morgan fingerprint density at radius 3 is 1.62 bits per heavy atom. The maximum atomic E-state index is 13.8. The summed E-state index contributed by atoms with van der Waals surface area (Å²) in [6.07, 6.45) is 13.3. The van der Waals surface area contributed by atoms with Crippen LogP contribution < -0.4 is 0 Å². The van der Waals surface area contributed by atoms with Gasteiger partial charge in [0.05, 0.1) is 35.4 Å². The maximum absolute atomic E-state index is 13.8. The number of para-hydroxylation sites is 2. The Kier molecular flexibility index (Phi) is 5.18. The van der Waals surface area contributed by atoms with Gasteiger partial charge < -0.3 is 18.3 Å². The SMILES string of the molecule is Cn1cc(-n2cnc3c2CCC(C(=O)C2CCc4c(ncn4-c4cn(C)c5ccccc45)C2)C3)c2ccccc21. The predicted octanol–water partition coefficient (Wildman–Crippen LogP) is 5.52. The smallest absolute Gasteiger partial charge is 0.139 e. The van der Waals surface area contributed by atoms with Gasteiger partial charge in [0.2, 0.25) is 0 Å². The minimum atomic E-state index is 0.0371. The largest absolute Gasteiger partial charge is 0.348 e. The summed E-state index contributed by atoms with van der Waals surface area (Å²) in [4.78, 5) is 23.4. The highest BCUT2D eigenvalue weighted by Gasteiger charge is 2.35. The fourth-order valence-electron chi connectivity index (χ4n) is 7.24. The average Bonchev–Trinajstić information content (AvgIpc) is 3.76. The molecule has 7 nitrogen and oxygen atoms in total. The number of fused-ring (bicyclic) bond motifs is 4. The first kappa shape index (κ1) is 23.5. The van der Waals surface area contributed by atoms with Crippen LogP contribution in [-0.4, -0.2) is 34.0 Å². The normalized spacial score (nSPS) is 18.8. The Morgan fingerprint density at radius 1 is 0.700 bits per heavy atom. The molecule has 0 fully saturated rings. The first-order chi connectivity index (χ1) is 19.6. The molecule has 0 bridgehead atoms. The van der Waals surface area contributed by atoms with E-state index in [1.807, 2.05) is 12.7 Å². The monoisotopic (exact) mass is 528 g/mol. The zero-order chi connectivity index (χ0) is 27.0. The summed E-state index contributed by atoms with van der Waals surface area (Å²) in [5.41, 5.74) is 9.41. The number of carbonyl (C=O) groups is 1. The topological polar surface area (TPSA) is 62.6 Å². The van der Waals surface area contributed by atoms with Crippen molar-refractivity contribution in [3.63, 3.8) is 0 Å². The second-order valence-electron chi connectivity index (χ2n) is 11.6. The average molecular weight is 529 g/mol. The van der Waals surface area contributed by atoms with E-state index in [1.165, 1.54) is 44.6 Å². The number of Topliss-reactive ketones (excluding diaryl/α,β-unsaturated/α-hetero) is 1. The van der Waals surface area contributed by atoms with Crippen molar-refractivity contribution in [1.82, 2.24) is 28.2 Å². The van der Waals surface area contributed by atoms with Gasteiger partial charge in [0, 0.05) is 84.4 Å². The van der Waals surface area contributed by atoms with E-state index in [1.54, 1.807) is 0 Å². The molecule has 0 saturated heterocycles. The molecule has 2 aliphatic rings. The molecule has 0 amide bonds. The van der Waals surface area contributed by atoms with Crippen molar-refractivity contribution in [3.05, 3.63) is 96.4 Å². The van der Waals surface area contributed by atoms with Gasteiger partial charge in [-0.1, -0.05) is 36.4 Å². The first-order valence-corrected chi connectivity index (χ1v) is 14.3. The van der Waals surface area contributed by atoms with E-state index in [0.717, 1.165) is 49.9 Å². The van der Waals surface area contributed by atoms with Gasteiger partial charge in [0.1, 0.15) is 5.78 Å². The number of carbonyl (C=O) groups excluding carboxylic acids is 1. The molecule has 0 radical (unpaired) electrons. The number of rotatable bonds is 4. The summed E-state index contributed by atoms with van der Waals surface area (Å²) in [5, 5.41) is 2.45. The zero-order valence-electron chi connectivity index (χ0n) is 22.9. The third-order valence-electron chi connectivity index (χ3n) is 9.32. The molecule has 4 heterocycles. The van der Waals surface area contributed by atoms with Crippen LogP contribution in [0.2, 0.25) is 0 Å². The lowest BCUT2D eigenvalue weighted by atomic mass is 9.77. The number of benzene rings is 2. The quantitative estimate of drug-likeness (QED) is 0.303. The van der Waals surface area contributed by atoms with Gasteiger partial charge in [-0.2, -0.15) is 0 Å². The van der Waals surface area contributed by atoms with Gasteiger partial charge in [0.15, 0.2) is 0 Å². The number of imidazole rings is 2. The highest BCUT2D eigenvalue weighted by atomic mass is 16.1. The summed E-state index contributed by atoms with van der Waals surface area (Å²) < 4.78 is 8.83. The van der Waals surface area contributed by atoms with Crippen LogP contribution in [0.5, 0.6) is 0 Å². The Labute approximate surface area is 232 Å². The van der Waals surface area contributed by atoms with Crippen molar-refractivity contribution >= 4 is 27.6 Å². The molecule has 7 heteroatoms. The molecule has 0 spiro atoms. The second kappa shape index (κ2) is 8.81. The third-order valence-corrected chi connectivity index (χ3v) is 9.32.